The zero-order chi connectivity index (χ0) is 14.3. The second kappa shape index (κ2) is 4.84. The molecular formula is C17H15NOS. The molecule has 0 N–H and O–H groups in total. The van der Waals surface area contributed by atoms with E-state index < -0.39 is 0 Å². The largest absolute Gasteiger partial charge is 0.294 e. The van der Waals surface area contributed by atoms with Gasteiger partial charge >= 0.3 is 0 Å². The van der Waals surface area contributed by atoms with Gasteiger partial charge in [0.25, 0.3) is 0 Å². The quantitative estimate of drug-likeness (QED) is 0.632. The van der Waals surface area contributed by atoms with Crippen LogP contribution in [0.5, 0.6) is 0 Å². The van der Waals surface area contributed by atoms with E-state index in [1.54, 1.807) is 18.3 Å². The van der Waals surface area contributed by atoms with E-state index in [4.69, 9.17) is 4.98 Å². The number of para-hydroxylation sites is 1. The Morgan fingerprint density at radius 1 is 1.05 bits per heavy atom. The summed E-state index contributed by atoms with van der Waals surface area (Å²) in [4.78, 5) is 16.7. The fourth-order valence-electron chi connectivity index (χ4n) is 2.52. The molecule has 0 radical (unpaired) electrons. The van der Waals surface area contributed by atoms with Crippen LogP contribution in [0.2, 0.25) is 0 Å². The van der Waals surface area contributed by atoms with Crippen molar-refractivity contribution in [1.29, 1.82) is 0 Å². The molecule has 0 bridgehead atoms. The number of aromatic nitrogens is 1. The third-order valence-corrected chi connectivity index (χ3v) is 4.54. The van der Waals surface area contributed by atoms with Crippen molar-refractivity contribution in [3.05, 3.63) is 53.1 Å². The fraction of sp³-hybridized carbons (Fsp3) is 0.176. The first-order chi connectivity index (χ1) is 9.58. The Hall–Kier alpha value is -2.00. The lowest BCUT2D eigenvalue weighted by Gasteiger charge is -2.11. The number of benzene rings is 2. The highest BCUT2D eigenvalue weighted by Crippen LogP contribution is 2.35. The van der Waals surface area contributed by atoms with Crippen molar-refractivity contribution in [1.82, 2.24) is 4.98 Å². The maximum Gasteiger partial charge on any atom is 0.160 e. The number of aryl methyl sites for hydroxylation is 2. The molecule has 100 valence electrons. The number of thiazole rings is 1. The molecule has 0 atom stereocenters. The van der Waals surface area contributed by atoms with E-state index in [9.17, 15) is 4.79 Å². The second-order valence-corrected chi connectivity index (χ2v) is 6.02. The summed E-state index contributed by atoms with van der Waals surface area (Å²) < 4.78 is 1.15. The molecule has 0 amide bonds. The molecule has 0 aliphatic rings. The standard InChI is InChI=1S/C17H15NOS/c1-10-8-9-11(2)16(15(10)12(3)19)17-18-13-6-4-5-7-14(13)20-17/h4-9H,1-3H3. The first kappa shape index (κ1) is 13.0. The summed E-state index contributed by atoms with van der Waals surface area (Å²) in [5.41, 5.74) is 4.88. The van der Waals surface area contributed by atoms with Gasteiger partial charge in [0.05, 0.1) is 10.2 Å². The number of nitrogens with zero attached hydrogens (tertiary/aromatic N) is 1. The van der Waals surface area contributed by atoms with Crippen LogP contribution in [-0.2, 0) is 0 Å². The lowest BCUT2D eigenvalue weighted by molar-refractivity contribution is 0.101. The molecule has 1 heterocycles. The van der Waals surface area contributed by atoms with Crippen LogP contribution >= 0.6 is 11.3 Å². The van der Waals surface area contributed by atoms with Crippen LogP contribution in [0, 0.1) is 13.8 Å². The molecule has 0 aliphatic carbocycles. The number of fused-ring (bicyclic) bond motifs is 1. The first-order valence-electron chi connectivity index (χ1n) is 6.55. The summed E-state index contributed by atoms with van der Waals surface area (Å²) in [5, 5.41) is 0.928. The van der Waals surface area contributed by atoms with E-state index in [-0.39, 0.29) is 5.78 Å². The highest BCUT2D eigenvalue weighted by molar-refractivity contribution is 7.21. The van der Waals surface area contributed by atoms with Crippen LogP contribution < -0.4 is 0 Å². The van der Waals surface area contributed by atoms with Crippen LogP contribution in [0.25, 0.3) is 20.8 Å². The average molecular weight is 281 g/mol. The molecule has 0 aliphatic heterocycles. The normalized spacial score (nSPS) is 10.9. The molecule has 2 nitrogen and oxygen atoms in total. The number of carbonyl (C=O) groups is 1. The average Bonchev–Trinajstić information content (AvgIpc) is 2.83. The van der Waals surface area contributed by atoms with Crippen LogP contribution in [0.4, 0.5) is 0 Å². The third-order valence-electron chi connectivity index (χ3n) is 3.48. The van der Waals surface area contributed by atoms with Gasteiger partial charge in [-0.05, 0) is 44.0 Å². The summed E-state index contributed by atoms with van der Waals surface area (Å²) in [7, 11) is 0. The highest BCUT2D eigenvalue weighted by Gasteiger charge is 2.17. The van der Waals surface area contributed by atoms with Gasteiger partial charge in [0, 0.05) is 11.1 Å². The number of Topliss-reactive ketones (excluding diaryl/α,β-unsaturated/α-hetero) is 1. The van der Waals surface area contributed by atoms with E-state index >= 15 is 0 Å². The Kier molecular flexibility index (Phi) is 3.14. The van der Waals surface area contributed by atoms with Crippen LogP contribution in [0.3, 0.4) is 0 Å². The Morgan fingerprint density at radius 3 is 2.45 bits per heavy atom. The minimum Gasteiger partial charge on any atom is -0.294 e. The highest BCUT2D eigenvalue weighted by atomic mass is 32.1. The fourth-order valence-corrected chi connectivity index (χ4v) is 3.60. The van der Waals surface area contributed by atoms with Gasteiger partial charge in [0.1, 0.15) is 5.01 Å². The predicted molar refractivity (Wildman–Crippen MR) is 84.5 cm³/mol. The van der Waals surface area contributed by atoms with Crippen molar-refractivity contribution in [2.45, 2.75) is 20.8 Å². The lowest BCUT2D eigenvalue weighted by atomic mass is 9.95. The van der Waals surface area contributed by atoms with E-state index in [1.165, 1.54) is 0 Å². The van der Waals surface area contributed by atoms with Crippen molar-refractivity contribution in [3.8, 4) is 10.6 Å². The molecule has 3 rings (SSSR count). The van der Waals surface area contributed by atoms with Crippen LogP contribution in [0.15, 0.2) is 36.4 Å². The summed E-state index contributed by atoms with van der Waals surface area (Å²) in [6.45, 7) is 5.64. The Balaban J connectivity index is 2.33. The van der Waals surface area contributed by atoms with Crippen molar-refractivity contribution in [3.63, 3.8) is 0 Å². The maximum atomic E-state index is 12.0. The van der Waals surface area contributed by atoms with E-state index in [1.807, 2.05) is 38.1 Å². The molecule has 2 aromatic carbocycles. The summed E-state index contributed by atoms with van der Waals surface area (Å²) >= 11 is 1.64. The summed E-state index contributed by atoms with van der Waals surface area (Å²) in [6.07, 6.45) is 0. The molecule has 0 unspecified atom stereocenters. The van der Waals surface area contributed by atoms with Crippen LogP contribution in [0.1, 0.15) is 28.4 Å². The zero-order valence-corrected chi connectivity index (χ0v) is 12.5. The lowest BCUT2D eigenvalue weighted by Crippen LogP contribution is -2.01. The molecule has 0 saturated carbocycles. The van der Waals surface area contributed by atoms with E-state index in [0.29, 0.717) is 0 Å². The molecule has 3 aromatic rings. The minimum absolute atomic E-state index is 0.0976. The number of hydrogen-bond donors (Lipinski definition) is 0. The topological polar surface area (TPSA) is 30.0 Å². The number of rotatable bonds is 2. The molecule has 0 fully saturated rings. The summed E-state index contributed by atoms with van der Waals surface area (Å²) in [5.74, 6) is 0.0976. The van der Waals surface area contributed by atoms with Gasteiger partial charge in [-0.1, -0.05) is 24.3 Å². The van der Waals surface area contributed by atoms with Crippen molar-refractivity contribution in [2.75, 3.05) is 0 Å². The van der Waals surface area contributed by atoms with Crippen molar-refractivity contribution >= 4 is 27.3 Å². The maximum absolute atomic E-state index is 12.0. The van der Waals surface area contributed by atoms with Gasteiger partial charge in [0.2, 0.25) is 0 Å². The Labute approximate surface area is 122 Å². The van der Waals surface area contributed by atoms with Gasteiger partial charge in [-0.25, -0.2) is 4.98 Å². The van der Waals surface area contributed by atoms with Gasteiger partial charge in [-0.3, -0.25) is 4.79 Å². The summed E-state index contributed by atoms with van der Waals surface area (Å²) in [6, 6.07) is 12.1. The predicted octanol–water partition coefficient (Wildman–Crippen LogP) is 4.78. The second-order valence-electron chi connectivity index (χ2n) is 4.99. The SMILES string of the molecule is CC(=O)c1c(C)ccc(C)c1-c1nc2ccccc2s1. The molecule has 3 heteroatoms. The number of hydrogen-bond acceptors (Lipinski definition) is 3. The molecule has 0 saturated heterocycles. The van der Waals surface area contributed by atoms with Gasteiger partial charge in [-0.2, -0.15) is 0 Å². The Morgan fingerprint density at radius 2 is 1.75 bits per heavy atom. The molecule has 20 heavy (non-hydrogen) atoms. The van der Waals surface area contributed by atoms with Gasteiger partial charge in [0.15, 0.2) is 5.78 Å². The molecule has 0 spiro atoms. The molecular weight excluding hydrogens is 266 g/mol. The van der Waals surface area contributed by atoms with Gasteiger partial charge in [-0.15, -0.1) is 11.3 Å². The number of carbonyl (C=O) groups excluding carboxylic acids is 1. The van der Waals surface area contributed by atoms with Crippen molar-refractivity contribution in [2.24, 2.45) is 0 Å². The smallest absolute Gasteiger partial charge is 0.160 e. The minimum atomic E-state index is 0.0976. The monoisotopic (exact) mass is 281 g/mol. The van der Waals surface area contributed by atoms with E-state index in [0.717, 1.165) is 37.5 Å². The van der Waals surface area contributed by atoms with Gasteiger partial charge < -0.3 is 0 Å². The van der Waals surface area contributed by atoms with Crippen molar-refractivity contribution < 1.29 is 4.79 Å². The first-order valence-corrected chi connectivity index (χ1v) is 7.36. The molecule has 1 aromatic heterocycles. The van der Waals surface area contributed by atoms with E-state index in [2.05, 4.69) is 12.1 Å². The third kappa shape index (κ3) is 2.04. The Bertz CT molecular complexity index is 784. The van der Waals surface area contributed by atoms with Crippen LogP contribution in [-0.4, -0.2) is 10.8 Å². The zero-order valence-electron chi connectivity index (χ0n) is 11.7. The number of ketones is 1.